The topological polar surface area (TPSA) is 62.2 Å². The number of hydrogen-bond donors (Lipinski definition) is 1. The molecule has 0 saturated heterocycles. The summed E-state index contributed by atoms with van der Waals surface area (Å²) in [5.41, 5.74) is 1.08. The van der Waals surface area contributed by atoms with E-state index in [0.717, 1.165) is 12.0 Å². The first kappa shape index (κ1) is 26.3. The Kier molecular flexibility index (Phi) is 10.1. The molecule has 1 aromatic carbocycles. The second-order valence-electron chi connectivity index (χ2n) is 8.99. The number of nitrogens with zero attached hydrogens (tertiary/aromatic N) is 2. The fourth-order valence-corrected chi connectivity index (χ4v) is 4.99. The summed E-state index contributed by atoms with van der Waals surface area (Å²) in [7, 11) is 0. The summed E-state index contributed by atoms with van der Waals surface area (Å²) in [6, 6.07) is 7.82. The summed E-state index contributed by atoms with van der Waals surface area (Å²) in [4.78, 5) is 18.4. The second kappa shape index (κ2) is 13.0. The molecule has 1 aromatic heterocycles. The van der Waals surface area contributed by atoms with Gasteiger partial charge in [-0.2, -0.15) is 0 Å². The minimum Gasteiger partial charge on any atom is -0.491 e. The Hall–Kier alpha value is -2.26. The molecular weight excluding hydrogens is 455 g/mol. The molecule has 0 radical (unpaired) electrons. The lowest BCUT2D eigenvalue weighted by atomic mass is 10.0. The molecule has 1 N–H and O–H groups in total. The van der Waals surface area contributed by atoms with Crippen molar-refractivity contribution in [2.75, 3.05) is 46.0 Å². The van der Waals surface area contributed by atoms with Gasteiger partial charge in [0, 0.05) is 37.2 Å². The third-order valence-electron chi connectivity index (χ3n) is 5.60. The van der Waals surface area contributed by atoms with Crippen LogP contribution >= 0.6 is 11.3 Å². The Labute approximate surface area is 205 Å². The van der Waals surface area contributed by atoms with E-state index in [9.17, 15) is 14.3 Å². The first-order valence-electron chi connectivity index (χ1n) is 11.7. The average Bonchev–Trinajstić information content (AvgIpc) is 3.26. The first-order chi connectivity index (χ1) is 16.4. The van der Waals surface area contributed by atoms with Gasteiger partial charge in [-0.25, -0.2) is 4.39 Å². The van der Waals surface area contributed by atoms with E-state index in [2.05, 4.69) is 20.4 Å². The standard InChI is InChI=1S/C26H35FN2O4S/c1-4-10-28(14-21(30)17-32-16-19(2)3)15-26(31)29-11-8-25-23(9-12-34-25)24(29)18-33-22-7-5-6-20(27)13-22/h4-7,9,12-13,19,21,24,30H,1,8,10-11,14-18H2,2-3H3/t21-,24-/m1/s1. The monoisotopic (exact) mass is 490 g/mol. The maximum atomic E-state index is 13.6. The Morgan fingerprint density at radius 2 is 2.21 bits per heavy atom. The van der Waals surface area contributed by atoms with Gasteiger partial charge in [0.25, 0.3) is 0 Å². The molecule has 0 spiro atoms. The van der Waals surface area contributed by atoms with E-state index in [1.54, 1.807) is 29.5 Å². The van der Waals surface area contributed by atoms with Crippen molar-refractivity contribution in [1.82, 2.24) is 9.80 Å². The maximum Gasteiger partial charge on any atom is 0.237 e. The molecule has 2 heterocycles. The highest BCUT2D eigenvalue weighted by atomic mass is 32.1. The molecule has 0 saturated carbocycles. The number of benzene rings is 1. The molecule has 6 nitrogen and oxygen atoms in total. The normalized spacial score (nSPS) is 16.5. The van der Waals surface area contributed by atoms with Gasteiger partial charge >= 0.3 is 0 Å². The molecule has 8 heteroatoms. The Balaban J connectivity index is 1.65. The van der Waals surface area contributed by atoms with Crippen LogP contribution in [0.25, 0.3) is 0 Å². The average molecular weight is 491 g/mol. The van der Waals surface area contributed by atoms with Gasteiger partial charge in [-0.05, 0) is 41.5 Å². The van der Waals surface area contributed by atoms with Crippen molar-refractivity contribution >= 4 is 17.2 Å². The van der Waals surface area contributed by atoms with Gasteiger partial charge in [0.1, 0.15) is 18.2 Å². The number of thiophene rings is 1. The van der Waals surface area contributed by atoms with Crippen molar-refractivity contribution in [1.29, 1.82) is 0 Å². The second-order valence-corrected chi connectivity index (χ2v) is 9.99. The zero-order chi connectivity index (χ0) is 24.5. The highest BCUT2D eigenvalue weighted by molar-refractivity contribution is 7.10. The molecular formula is C26H35FN2O4S. The molecule has 1 aliphatic heterocycles. The highest BCUT2D eigenvalue weighted by Gasteiger charge is 2.33. The van der Waals surface area contributed by atoms with Gasteiger partial charge in [-0.15, -0.1) is 17.9 Å². The molecule has 0 aliphatic carbocycles. The van der Waals surface area contributed by atoms with E-state index in [0.29, 0.717) is 37.9 Å². The molecule has 1 aliphatic rings. The lowest BCUT2D eigenvalue weighted by Crippen LogP contribution is -2.48. The summed E-state index contributed by atoms with van der Waals surface area (Å²) < 4.78 is 25.0. The highest BCUT2D eigenvalue weighted by Crippen LogP contribution is 2.34. The zero-order valence-electron chi connectivity index (χ0n) is 20.0. The molecule has 34 heavy (non-hydrogen) atoms. The Bertz CT molecular complexity index is 935. The number of amides is 1. The number of carbonyl (C=O) groups excluding carboxylic acids is 1. The Morgan fingerprint density at radius 3 is 2.94 bits per heavy atom. The Morgan fingerprint density at radius 1 is 1.38 bits per heavy atom. The van der Waals surface area contributed by atoms with Crippen LogP contribution in [0.4, 0.5) is 4.39 Å². The smallest absolute Gasteiger partial charge is 0.237 e. The molecule has 186 valence electrons. The van der Waals surface area contributed by atoms with Crippen molar-refractivity contribution in [2.24, 2.45) is 5.92 Å². The molecule has 2 atom stereocenters. The van der Waals surface area contributed by atoms with Crippen molar-refractivity contribution in [3.8, 4) is 5.75 Å². The van der Waals surface area contributed by atoms with Crippen LogP contribution in [0.15, 0.2) is 48.4 Å². The van der Waals surface area contributed by atoms with Gasteiger partial charge in [0.2, 0.25) is 5.91 Å². The van der Waals surface area contributed by atoms with Gasteiger partial charge in [0.15, 0.2) is 0 Å². The number of halogens is 1. The van der Waals surface area contributed by atoms with E-state index in [1.807, 2.05) is 21.2 Å². The quantitative estimate of drug-likeness (QED) is 0.432. The number of ether oxygens (including phenoxy) is 2. The number of aliphatic hydroxyl groups excluding tert-OH is 1. The number of hydrogen-bond acceptors (Lipinski definition) is 6. The summed E-state index contributed by atoms with van der Waals surface area (Å²) >= 11 is 1.68. The number of rotatable bonds is 13. The zero-order valence-corrected chi connectivity index (χ0v) is 20.8. The lowest BCUT2D eigenvalue weighted by molar-refractivity contribution is -0.136. The van der Waals surface area contributed by atoms with Crippen LogP contribution in [0, 0.1) is 11.7 Å². The molecule has 0 bridgehead atoms. The number of fused-ring (bicyclic) bond motifs is 1. The van der Waals surface area contributed by atoms with E-state index in [1.165, 1.54) is 17.0 Å². The van der Waals surface area contributed by atoms with E-state index < -0.39 is 6.10 Å². The lowest BCUT2D eigenvalue weighted by Gasteiger charge is -2.37. The number of carbonyl (C=O) groups is 1. The van der Waals surface area contributed by atoms with Crippen LogP contribution < -0.4 is 4.74 Å². The summed E-state index contributed by atoms with van der Waals surface area (Å²) in [5.74, 6) is 0.432. The maximum absolute atomic E-state index is 13.6. The van der Waals surface area contributed by atoms with E-state index >= 15 is 0 Å². The van der Waals surface area contributed by atoms with Crippen LogP contribution in [0.1, 0.15) is 30.3 Å². The minimum absolute atomic E-state index is 0.0400. The minimum atomic E-state index is -0.691. The third-order valence-corrected chi connectivity index (χ3v) is 6.59. The van der Waals surface area contributed by atoms with E-state index in [-0.39, 0.29) is 37.5 Å². The SMILES string of the molecule is C=CCN(CC(=O)N1CCc2sccc2[C@H]1COc1cccc(F)c1)C[C@@H](O)COCC(C)C. The van der Waals surface area contributed by atoms with Crippen LogP contribution in [-0.2, 0) is 16.0 Å². The first-order valence-corrected chi connectivity index (χ1v) is 12.6. The molecule has 1 amide bonds. The fourth-order valence-electron chi connectivity index (χ4n) is 4.07. The summed E-state index contributed by atoms with van der Waals surface area (Å²) in [6.45, 7) is 10.5. The van der Waals surface area contributed by atoms with Crippen molar-refractivity contribution in [2.45, 2.75) is 32.4 Å². The summed E-state index contributed by atoms with van der Waals surface area (Å²) in [6.07, 6.45) is 1.83. The number of aliphatic hydroxyl groups is 1. The molecule has 0 unspecified atom stereocenters. The van der Waals surface area contributed by atoms with Crippen LogP contribution in [0.2, 0.25) is 0 Å². The van der Waals surface area contributed by atoms with Crippen LogP contribution in [0.3, 0.4) is 0 Å². The van der Waals surface area contributed by atoms with Crippen molar-refractivity contribution in [3.05, 3.63) is 64.6 Å². The predicted octanol–water partition coefficient (Wildman–Crippen LogP) is 3.91. The molecule has 3 rings (SSSR count). The molecule has 2 aromatic rings. The third kappa shape index (κ3) is 7.63. The van der Waals surface area contributed by atoms with Gasteiger partial charge in [-0.3, -0.25) is 9.69 Å². The fraction of sp³-hybridized carbons (Fsp3) is 0.500. The van der Waals surface area contributed by atoms with Crippen molar-refractivity contribution < 1.29 is 23.8 Å². The molecule has 0 fully saturated rings. The van der Waals surface area contributed by atoms with Crippen LogP contribution in [-0.4, -0.2) is 72.9 Å². The predicted molar refractivity (Wildman–Crippen MR) is 133 cm³/mol. The van der Waals surface area contributed by atoms with Crippen LogP contribution in [0.5, 0.6) is 5.75 Å². The van der Waals surface area contributed by atoms with Crippen molar-refractivity contribution in [3.63, 3.8) is 0 Å². The van der Waals surface area contributed by atoms with Gasteiger partial charge < -0.3 is 19.5 Å². The largest absolute Gasteiger partial charge is 0.491 e. The van der Waals surface area contributed by atoms with Gasteiger partial charge in [0.05, 0.1) is 25.3 Å². The van der Waals surface area contributed by atoms with E-state index in [4.69, 9.17) is 9.47 Å². The summed E-state index contributed by atoms with van der Waals surface area (Å²) in [5, 5.41) is 12.4. The van der Waals surface area contributed by atoms with Gasteiger partial charge in [-0.1, -0.05) is 26.0 Å².